The number of carboxylic acids is 1. The molecular weight excluding hydrogens is 321 g/mol. The van der Waals surface area contributed by atoms with Gasteiger partial charge in [0.1, 0.15) is 11.3 Å². The summed E-state index contributed by atoms with van der Waals surface area (Å²) < 4.78 is 6.15. The number of ether oxygens (including phenoxy) is 1. The predicted octanol–water partition coefficient (Wildman–Crippen LogP) is 1.64. The zero-order chi connectivity index (χ0) is 12.3. The first-order valence-corrected chi connectivity index (χ1v) is 5.79. The molecule has 0 amide bonds. The fourth-order valence-electron chi connectivity index (χ4n) is 1.31. The lowest BCUT2D eigenvalue weighted by atomic mass is 9.94. The van der Waals surface area contributed by atoms with E-state index in [9.17, 15) is 4.79 Å². The Bertz CT molecular complexity index is 404. The first kappa shape index (κ1) is 13.2. The second-order valence-corrected chi connectivity index (χ2v) is 5.03. The lowest BCUT2D eigenvalue weighted by molar-refractivity contribution is -0.142. The minimum Gasteiger partial charge on any atom is -0.496 e. The quantitative estimate of drug-likeness (QED) is 0.821. The molecule has 0 spiro atoms. The molecule has 1 atom stereocenters. The first-order valence-electron chi connectivity index (χ1n) is 4.71. The summed E-state index contributed by atoms with van der Waals surface area (Å²) in [5.41, 5.74) is 5.28. The van der Waals surface area contributed by atoms with Gasteiger partial charge in [-0.3, -0.25) is 4.79 Å². The van der Waals surface area contributed by atoms with Gasteiger partial charge in [-0.15, -0.1) is 0 Å². The second kappa shape index (κ2) is 5.01. The molecule has 0 bridgehead atoms. The molecule has 4 nitrogen and oxygen atoms in total. The molecule has 5 heteroatoms. The number of halogens is 1. The van der Waals surface area contributed by atoms with Gasteiger partial charge in [0.05, 0.1) is 10.7 Å². The molecule has 0 unspecified atom stereocenters. The second-order valence-electron chi connectivity index (χ2n) is 3.87. The van der Waals surface area contributed by atoms with Crippen LogP contribution in [0.4, 0.5) is 0 Å². The zero-order valence-corrected chi connectivity index (χ0v) is 11.3. The minimum atomic E-state index is -1.25. The summed E-state index contributed by atoms with van der Waals surface area (Å²) in [5, 5.41) is 8.93. The molecule has 1 aromatic carbocycles. The maximum Gasteiger partial charge on any atom is 0.323 e. The molecule has 0 heterocycles. The highest BCUT2D eigenvalue weighted by Gasteiger charge is 2.28. The topological polar surface area (TPSA) is 72.5 Å². The summed E-state index contributed by atoms with van der Waals surface area (Å²) in [4.78, 5) is 10.9. The van der Waals surface area contributed by atoms with E-state index in [1.165, 1.54) is 6.92 Å². The van der Waals surface area contributed by atoms with Gasteiger partial charge in [-0.1, -0.05) is 6.07 Å². The molecule has 0 aliphatic carbocycles. The van der Waals surface area contributed by atoms with Crippen LogP contribution in [0.5, 0.6) is 5.75 Å². The van der Waals surface area contributed by atoms with Crippen molar-refractivity contribution in [2.45, 2.75) is 18.9 Å². The van der Waals surface area contributed by atoms with Crippen molar-refractivity contribution in [3.63, 3.8) is 0 Å². The summed E-state index contributed by atoms with van der Waals surface area (Å²) in [6.45, 7) is 1.50. The van der Waals surface area contributed by atoms with E-state index in [-0.39, 0.29) is 6.42 Å². The Labute approximate surface area is 108 Å². The number of hydrogen-bond acceptors (Lipinski definition) is 3. The predicted molar refractivity (Wildman–Crippen MR) is 69.6 cm³/mol. The van der Waals surface area contributed by atoms with Gasteiger partial charge >= 0.3 is 5.97 Å². The minimum absolute atomic E-state index is 0.273. The molecule has 0 radical (unpaired) electrons. The van der Waals surface area contributed by atoms with Crippen molar-refractivity contribution in [3.05, 3.63) is 27.3 Å². The first-order chi connectivity index (χ1) is 7.36. The van der Waals surface area contributed by atoms with E-state index in [1.807, 2.05) is 18.2 Å². The Morgan fingerprint density at radius 3 is 2.75 bits per heavy atom. The summed E-state index contributed by atoms with van der Waals surface area (Å²) in [6, 6.07) is 5.56. The highest BCUT2D eigenvalue weighted by atomic mass is 127. The van der Waals surface area contributed by atoms with Crippen molar-refractivity contribution in [1.29, 1.82) is 0 Å². The number of carbonyl (C=O) groups is 1. The fraction of sp³-hybridized carbons (Fsp3) is 0.364. The normalized spacial score (nSPS) is 14.2. The third-order valence-corrected chi connectivity index (χ3v) is 3.17. The van der Waals surface area contributed by atoms with E-state index in [0.29, 0.717) is 0 Å². The lowest BCUT2D eigenvalue weighted by Crippen LogP contribution is -2.46. The van der Waals surface area contributed by atoms with Gasteiger partial charge in [-0.05, 0) is 47.2 Å². The third kappa shape index (κ3) is 3.08. The molecule has 0 aliphatic heterocycles. The number of hydrogen-bond donors (Lipinski definition) is 2. The standard InChI is InChI=1S/C11H14INO3/c1-11(13,10(14)15)6-7-3-4-8(12)9(5-7)16-2/h3-5H,6,13H2,1-2H3,(H,14,15)/t11-/m0/s1. The van der Waals surface area contributed by atoms with Crippen LogP contribution in [0, 0.1) is 3.57 Å². The third-order valence-electron chi connectivity index (χ3n) is 2.28. The number of carboxylic acid groups (broad SMARTS) is 1. The van der Waals surface area contributed by atoms with Crippen LogP contribution in [0.25, 0.3) is 0 Å². The molecule has 0 aromatic heterocycles. The number of nitrogens with two attached hydrogens (primary N) is 1. The van der Waals surface area contributed by atoms with Gasteiger partial charge in [0, 0.05) is 6.42 Å². The van der Waals surface area contributed by atoms with Gasteiger partial charge in [-0.2, -0.15) is 0 Å². The van der Waals surface area contributed by atoms with Crippen LogP contribution < -0.4 is 10.5 Å². The average molecular weight is 335 g/mol. The van der Waals surface area contributed by atoms with E-state index in [2.05, 4.69) is 22.6 Å². The van der Waals surface area contributed by atoms with Gasteiger partial charge in [0.15, 0.2) is 0 Å². The fourth-order valence-corrected chi connectivity index (χ4v) is 1.87. The smallest absolute Gasteiger partial charge is 0.323 e. The van der Waals surface area contributed by atoms with Crippen LogP contribution in [-0.2, 0) is 11.2 Å². The molecule has 1 rings (SSSR count). The van der Waals surface area contributed by atoms with Crippen LogP contribution in [0.3, 0.4) is 0 Å². The van der Waals surface area contributed by atoms with Gasteiger partial charge in [0.25, 0.3) is 0 Å². The Balaban J connectivity index is 2.94. The van der Waals surface area contributed by atoms with Crippen LogP contribution in [-0.4, -0.2) is 23.7 Å². The lowest BCUT2D eigenvalue weighted by Gasteiger charge is -2.19. The Morgan fingerprint density at radius 2 is 2.25 bits per heavy atom. The molecule has 3 N–H and O–H groups in total. The van der Waals surface area contributed by atoms with Gasteiger partial charge in [0.2, 0.25) is 0 Å². The maximum atomic E-state index is 10.9. The molecule has 0 fully saturated rings. The molecule has 16 heavy (non-hydrogen) atoms. The molecular formula is C11H14INO3. The average Bonchev–Trinajstić information content (AvgIpc) is 2.20. The summed E-state index contributed by atoms with van der Waals surface area (Å²) >= 11 is 2.16. The van der Waals surface area contributed by atoms with Crippen molar-refractivity contribution < 1.29 is 14.6 Å². The Morgan fingerprint density at radius 1 is 1.62 bits per heavy atom. The molecule has 0 saturated heterocycles. The Kier molecular flexibility index (Phi) is 4.15. The number of aliphatic carboxylic acids is 1. The summed E-state index contributed by atoms with van der Waals surface area (Å²) in [6.07, 6.45) is 0.273. The van der Waals surface area contributed by atoms with Crippen molar-refractivity contribution in [2.24, 2.45) is 5.73 Å². The van der Waals surface area contributed by atoms with E-state index < -0.39 is 11.5 Å². The molecule has 1 aromatic rings. The molecule has 0 aliphatic rings. The monoisotopic (exact) mass is 335 g/mol. The summed E-state index contributed by atoms with van der Waals surface area (Å²) in [5.74, 6) is -0.274. The van der Waals surface area contributed by atoms with Crippen molar-refractivity contribution in [3.8, 4) is 5.75 Å². The molecule has 88 valence electrons. The van der Waals surface area contributed by atoms with Crippen molar-refractivity contribution in [2.75, 3.05) is 7.11 Å². The van der Waals surface area contributed by atoms with Crippen LogP contribution >= 0.6 is 22.6 Å². The van der Waals surface area contributed by atoms with Gasteiger partial charge in [-0.25, -0.2) is 0 Å². The number of methoxy groups -OCH3 is 1. The highest BCUT2D eigenvalue weighted by Crippen LogP contribution is 2.23. The SMILES string of the molecule is COc1cc(C[C@](C)(N)C(=O)O)ccc1I. The van der Waals surface area contributed by atoms with Crippen molar-refractivity contribution >= 4 is 28.6 Å². The van der Waals surface area contributed by atoms with Crippen LogP contribution in [0.15, 0.2) is 18.2 Å². The zero-order valence-electron chi connectivity index (χ0n) is 9.16. The van der Waals surface area contributed by atoms with Crippen LogP contribution in [0.1, 0.15) is 12.5 Å². The number of benzene rings is 1. The number of rotatable bonds is 4. The maximum absolute atomic E-state index is 10.9. The van der Waals surface area contributed by atoms with Gasteiger partial charge < -0.3 is 15.6 Å². The molecule has 0 saturated carbocycles. The highest BCUT2D eigenvalue weighted by molar-refractivity contribution is 14.1. The largest absolute Gasteiger partial charge is 0.496 e. The Hall–Kier alpha value is -0.820. The van der Waals surface area contributed by atoms with Crippen molar-refractivity contribution in [1.82, 2.24) is 0 Å². The van der Waals surface area contributed by atoms with E-state index in [4.69, 9.17) is 15.6 Å². The van der Waals surface area contributed by atoms with E-state index in [0.717, 1.165) is 14.9 Å². The van der Waals surface area contributed by atoms with E-state index in [1.54, 1.807) is 7.11 Å². The van der Waals surface area contributed by atoms with E-state index >= 15 is 0 Å². The van der Waals surface area contributed by atoms with Crippen LogP contribution in [0.2, 0.25) is 0 Å². The summed E-state index contributed by atoms with van der Waals surface area (Å²) in [7, 11) is 1.58.